The minimum absolute atomic E-state index is 0.398. The molecule has 0 amide bonds. The molecule has 21 heavy (non-hydrogen) atoms. The van der Waals surface area contributed by atoms with E-state index in [-0.39, 0.29) is 0 Å². The maximum atomic E-state index is 12.8. The van der Waals surface area contributed by atoms with Gasteiger partial charge in [0.2, 0.25) is 0 Å². The maximum absolute atomic E-state index is 12.8. The molecule has 7 heteroatoms. The van der Waals surface area contributed by atoms with Gasteiger partial charge in [0.25, 0.3) is 0 Å². The third-order valence-corrected chi connectivity index (χ3v) is 3.98. The van der Waals surface area contributed by atoms with Crippen molar-refractivity contribution in [2.75, 3.05) is 0 Å². The third kappa shape index (κ3) is 3.77. The molecule has 0 spiro atoms. The van der Waals surface area contributed by atoms with Crippen LogP contribution in [0.5, 0.6) is 0 Å². The van der Waals surface area contributed by atoms with Gasteiger partial charge in [-0.1, -0.05) is 39.7 Å². The standard InChI is InChI=1S/C14H11BrClF3N2/c15-12-6-3-9(14(17,18)19)7-11(12)13(21-20)8-1-4-10(16)5-2-8/h1-7,13,21H,20H2. The SMILES string of the molecule is NNC(c1ccc(Cl)cc1)c1cc(C(F)(F)F)ccc1Br. The van der Waals surface area contributed by atoms with Crippen LogP contribution in [0.25, 0.3) is 0 Å². The van der Waals surface area contributed by atoms with Crippen LogP contribution in [0.15, 0.2) is 46.9 Å². The molecule has 0 heterocycles. The lowest BCUT2D eigenvalue weighted by Crippen LogP contribution is -2.29. The van der Waals surface area contributed by atoms with Crippen molar-refractivity contribution in [3.63, 3.8) is 0 Å². The molecule has 2 nitrogen and oxygen atoms in total. The number of hydrazine groups is 1. The molecule has 0 aliphatic carbocycles. The van der Waals surface area contributed by atoms with Crippen molar-refractivity contribution >= 4 is 27.5 Å². The van der Waals surface area contributed by atoms with Gasteiger partial charge in [-0.3, -0.25) is 5.84 Å². The van der Waals surface area contributed by atoms with E-state index in [0.717, 1.165) is 12.1 Å². The Bertz CT molecular complexity index is 629. The van der Waals surface area contributed by atoms with Crippen LogP contribution in [0.1, 0.15) is 22.7 Å². The minimum atomic E-state index is -4.41. The minimum Gasteiger partial charge on any atom is -0.271 e. The predicted octanol–water partition coefficient (Wildman–Crippen LogP) is 4.67. The Morgan fingerprint density at radius 2 is 1.71 bits per heavy atom. The van der Waals surface area contributed by atoms with Crippen LogP contribution in [-0.2, 0) is 6.18 Å². The molecule has 1 atom stereocenters. The van der Waals surface area contributed by atoms with Crippen molar-refractivity contribution in [2.45, 2.75) is 12.2 Å². The van der Waals surface area contributed by atoms with Gasteiger partial charge in [-0.15, -0.1) is 0 Å². The van der Waals surface area contributed by atoms with Gasteiger partial charge in [0.05, 0.1) is 11.6 Å². The molecule has 3 N–H and O–H groups in total. The quantitative estimate of drug-likeness (QED) is 0.600. The number of hydrogen-bond acceptors (Lipinski definition) is 2. The van der Waals surface area contributed by atoms with Crippen molar-refractivity contribution in [1.29, 1.82) is 0 Å². The molecular weight excluding hydrogens is 369 g/mol. The molecule has 0 aliphatic rings. The largest absolute Gasteiger partial charge is 0.416 e. The van der Waals surface area contributed by atoms with Crippen LogP contribution in [0.2, 0.25) is 5.02 Å². The van der Waals surface area contributed by atoms with Crippen LogP contribution in [-0.4, -0.2) is 0 Å². The first-order valence-electron chi connectivity index (χ1n) is 5.91. The van der Waals surface area contributed by atoms with Crippen molar-refractivity contribution in [1.82, 2.24) is 5.43 Å². The summed E-state index contributed by atoms with van der Waals surface area (Å²) < 4.78 is 39.0. The normalized spacial score (nSPS) is 13.2. The molecule has 112 valence electrons. The second kappa shape index (κ2) is 6.36. The van der Waals surface area contributed by atoms with E-state index >= 15 is 0 Å². The van der Waals surface area contributed by atoms with Gasteiger partial charge in [-0.05, 0) is 41.5 Å². The molecule has 0 saturated heterocycles. The van der Waals surface area contributed by atoms with E-state index in [0.29, 0.717) is 20.6 Å². The summed E-state index contributed by atoms with van der Waals surface area (Å²) in [6.07, 6.45) is -4.41. The summed E-state index contributed by atoms with van der Waals surface area (Å²) in [6.45, 7) is 0. The van der Waals surface area contributed by atoms with E-state index in [1.165, 1.54) is 6.07 Å². The van der Waals surface area contributed by atoms with Crippen LogP contribution >= 0.6 is 27.5 Å². The Morgan fingerprint density at radius 3 is 2.24 bits per heavy atom. The lowest BCUT2D eigenvalue weighted by Gasteiger charge is -2.20. The first-order chi connectivity index (χ1) is 9.82. The van der Waals surface area contributed by atoms with Crippen LogP contribution in [0, 0.1) is 0 Å². The Hall–Kier alpha value is -1.08. The number of rotatable bonds is 3. The molecule has 1 unspecified atom stereocenters. The number of alkyl halides is 3. The van der Waals surface area contributed by atoms with Gasteiger partial charge >= 0.3 is 6.18 Å². The predicted molar refractivity (Wildman–Crippen MR) is 79.8 cm³/mol. The molecule has 2 aromatic rings. The fourth-order valence-electron chi connectivity index (χ4n) is 1.96. The summed E-state index contributed by atoms with van der Waals surface area (Å²) in [5.41, 5.74) is 2.91. The molecular formula is C14H11BrClF3N2. The fraction of sp³-hybridized carbons (Fsp3) is 0.143. The lowest BCUT2D eigenvalue weighted by molar-refractivity contribution is -0.137. The second-order valence-electron chi connectivity index (χ2n) is 4.39. The molecule has 0 radical (unpaired) electrons. The van der Waals surface area contributed by atoms with E-state index in [1.54, 1.807) is 24.3 Å². The number of nitrogens with one attached hydrogen (secondary N) is 1. The van der Waals surface area contributed by atoms with Gasteiger partial charge in [0, 0.05) is 9.50 Å². The van der Waals surface area contributed by atoms with Crippen molar-refractivity contribution in [3.8, 4) is 0 Å². The van der Waals surface area contributed by atoms with Crippen LogP contribution in [0.3, 0.4) is 0 Å². The summed E-state index contributed by atoms with van der Waals surface area (Å²) in [6, 6.07) is 9.59. The van der Waals surface area contributed by atoms with Crippen molar-refractivity contribution in [3.05, 3.63) is 68.7 Å². The molecule has 0 bridgehead atoms. The Balaban J connectivity index is 2.49. The molecule has 0 aliphatic heterocycles. The van der Waals surface area contributed by atoms with E-state index in [4.69, 9.17) is 17.4 Å². The zero-order valence-electron chi connectivity index (χ0n) is 10.6. The number of halogens is 5. The summed E-state index contributed by atoms with van der Waals surface area (Å²) in [5.74, 6) is 5.52. The maximum Gasteiger partial charge on any atom is 0.416 e. The van der Waals surface area contributed by atoms with E-state index < -0.39 is 17.8 Å². The molecule has 0 saturated carbocycles. The highest BCUT2D eigenvalue weighted by atomic mass is 79.9. The Labute approximate surface area is 133 Å². The first kappa shape index (κ1) is 16.3. The number of benzene rings is 2. The van der Waals surface area contributed by atoms with Crippen LogP contribution < -0.4 is 11.3 Å². The Morgan fingerprint density at radius 1 is 1.10 bits per heavy atom. The highest BCUT2D eigenvalue weighted by Crippen LogP contribution is 2.35. The van der Waals surface area contributed by atoms with E-state index in [2.05, 4.69) is 21.4 Å². The average molecular weight is 380 g/mol. The summed E-state index contributed by atoms with van der Waals surface area (Å²) in [7, 11) is 0. The van der Waals surface area contributed by atoms with Crippen molar-refractivity contribution < 1.29 is 13.2 Å². The molecule has 0 fully saturated rings. The van der Waals surface area contributed by atoms with Gasteiger partial charge in [0.15, 0.2) is 0 Å². The number of nitrogens with two attached hydrogens (primary N) is 1. The first-order valence-corrected chi connectivity index (χ1v) is 7.08. The van der Waals surface area contributed by atoms with E-state index in [9.17, 15) is 13.2 Å². The highest BCUT2D eigenvalue weighted by Gasteiger charge is 2.31. The fourth-order valence-corrected chi connectivity index (χ4v) is 2.56. The average Bonchev–Trinajstić information content (AvgIpc) is 2.42. The lowest BCUT2D eigenvalue weighted by atomic mass is 9.97. The zero-order chi connectivity index (χ0) is 15.6. The summed E-state index contributed by atoms with van der Waals surface area (Å²) >= 11 is 9.07. The van der Waals surface area contributed by atoms with Crippen molar-refractivity contribution in [2.24, 2.45) is 5.84 Å². The second-order valence-corrected chi connectivity index (χ2v) is 5.68. The molecule has 2 aromatic carbocycles. The van der Waals surface area contributed by atoms with Gasteiger partial charge in [-0.25, -0.2) is 5.43 Å². The third-order valence-electron chi connectivity index (χ3n) is 3.00. The smallest absolute Gasteiger partial charge is 0.271 e. The molecule has 0 aromatic heterocycles. The highest BCUT2D eigenvalue weighted by molar-refractivity contribution is 9.10. The van der Waals surface area contributed by atoms with Crippen LogP contribution in [0.4, 0.5) is 13.2 Å². The van der Waals surface area contributed by atoms with Gasteiger partial charge in [0.1, 0.15) is 0 Å². The van der Waals surface area contributed by atoms with Gasteiger partial charge in [-0.2, -0.15) is 13.2 Å². The van der Waals surface area contributed by atoms with E-state index in [1.807, 2.05) is 0 Å². The monoisotopic (exact) mass is 378 g/mol. The number of hydrogen-bond donors (Lipinski definition) is 2. The zero-order valence-corrected chi connectivity index (χ0v) is 12.9. The summed E-state index contributed by atoms with van der Waals surface area (Å²) in [5, 5.41) is 0.539. The Kier molecular flexibility index (Phi) is 4.93. The summed E-state index contributed by atoms with van der Waals surface area (Å²) in [4.78, 5) is 0. The topological polar surface area (TPSA) is 38.0 Å². The molecule has 2 rings (SSSR count). The van der Waals surface area contributed by atoms with Gasteiger partial charge < -0.3 is 0 Å².